The van der Waals surface area contributed by atoms with Crippen molar-refractivity contribution in [3.63, 3.8) is 0 Å². The number of benzene rings is 1. The lowest BCUT2D eigenvalue weighted by atomic mass is 10.2. The second-order valence-corrected chi connectivity index (χ2v) is 4.46. The highest BCUT2D eigenvalue weighted by Gasteiger charge is 2.08. The van der Waals surface area contributed by atoms with Crippen molar-refractivity contribution in [2.24, 2.45) is 0 Å². The summed E-state index contributed by atoms with van der Waals surface area (Å²) in [6, 6.07) is 5.93. The number of rotatable bonds is 1. The zero-order chi connectivity index (χ0) is 9.42. The van der Waals surface area contributed by atoms with E-state index in [1.165, 1.54) is 4.70 Å². The SMILES string of the molecule is CC(C)c1nc2c(N)cccc2s1. The van der Waals surface area contributed by atoms with Crippen LogP contribution in [-0.4, -0.2) is 4.98 Å². The van der Waals surface area contributed by atoms with Gasteiger partial charge in [-0.3, -0.25) is 0 Å². The third kappa shape index (κ3) is 1.40. The molecular weight excluding hydrogens is 180 g/mol. The molecule has 2 nitrogen and oxygen atoms in total. The van der Waals surface area contributed by atoms with Crippen LogP contribution in [0.4, 0.5) is 5.69 Å². The molecule has 68 valence electrons. The molecule has 2 N–H and O–H groups in total. The molecule has 0 unspecified atom stereocenters. The summed E-state index contributed by atoms with van der Waals surface area (Å²) >= 11 is 1.73. The van der Waals surface area contributed by atoms with Crippen LogP contribution in [0.1, 0.15) is 24.8 Å². The van der Waals surface area contributed by atoms with Gasteiger partial charge in [0.05, 0.1) is 15.4 Å². The lowest BCUT2D eigenvalue weighted by molar-refractivity contribution is 0.857. The van der Waals surface area contributed by atoms with Crippen molar-refractivity contribution >= 4 is 27.2 Å². The fraction of sp³-hybridized carbons (Fsp3) is 0.300. The molecule has 0 atom stereocenters. The largest absolute Gasteiger partial charge is 0.397 e. The summed E-state index contributed by atoms with van der Waals surface area (Å²) in [5.74, 6) is 0.483. The van der Waals surface area contributed by atoms with Crippen LogP contribution in [0.5, 0.6) is 0 Å². The minimum absolute atomic E-state index is 0.483. The first-order valence-electron chi connectivity index (χ1n) is 4.33. The molecule has 0 aliphatic heterocycles. The number of fused-ring (bicyclic) bond motifs is 1. The molecule has 1 aromatic heterocycles. The Morgan fingerprint density at radius 1 is 1.38 bits per heavy atom. The van der Waals surface area contributed by atoms with Gasteiger partial charge in [0, 0.05) is 5.92 Å². The van der Waals surface area contributed by atoms with E-state index in [4.69, 9.17) is 5.73 Å². The monoisotopic (exact) mass is 192 g/mol. The number of thiazole rings is 1. The average Bonchev–Trinajstić information content (AvgIpc) is 2.49. The van der Waals surface area contributed by atoms with Gasteiger partial charge in [-0.2, -0.15) is 0 Å². The smallest absolute Gasteiger partial charge is 0.104 e. The molecule has 2 rings (SSSR count). The van der Waals surface area contributed by atoms with E-state index in [1.807, 2.05) is 12.1 Å². The van der Waals surface area contributed by atoms with Crippen molar-refractivity contribution in [1.29, 1.82) is 0 Å². The first-order valence-corrected chi connectivity index (χ1v) is 5.15. The topological polar surface area (TPSA) is 38.9 Å². The number of nitrogen functional groups attached to an aromatic ring is 1. The van der Waals surface area contributed by atoms with Crippen molar-refractivity contribution in [3.8, 4) is 0 Å². The molecule has 0 aliphatic carbocycles. The number of hydrogen-bond donors (Lipinski definition) is 1. The highest BCUT2D eigenvalue weighted by Crippen LogP contribution is 2.29. The van der Waals surface area contributed by atoms with Crippen LogP contribution in [0.25, 0.3) is 10.2 Å². The molecule has 1 heterocycles. The summed E-state index contributed by atoms with van der Waals surface area (Å²) in [6.45, 7) is 4.29. The Morgan fingerprint density at radius 3 is 2.77 bits per heavy atom. The van der Waals surface area contributed by atoms with E-state index in [2.05, 4.69) is 24.9 Å². The first kappa shape index (κ1) is 8.51. The van der Waals surface area contributed by atoms with Gasteiger partial charge in [0.25, 0.3) is 0 Å². The molecule has 2 aromatic rings. The van der Waals surface area contributed by atoms with Crippen LogP contribution in [0.3, 0.4) is 0 Å². The van der Waals surface area contributed by atoms with E-state index in [0.29, 0.717) is 5.92 Å². The Balaban J connectivity index is 2.68. The summed E-state index contributed by atoms with van der Waals surface area (Å²) in [5.41, 5.74) is 7.55. The molecule has 0 aliphatic rings. The summed E-state index contributed by atoms with van der Waals surface area (Å²) in [5, 5.41) is 1.16. The van der Waals surface area contributed by atoms with Crippen LogP contribution < -0.4 is 5.73 Å². The molecule has 0 bridgehead atoms. The average molecular weight is 192 g/mol. The van der Waals surface area contributed by atoms with Gasteiger partial charge in [-0.25, -0.2) is 4.98 Å². The zero-order valence-electron chi connectivity index (χ0n) is 7.74. The number of nitrogens with zero attached hydrogens (tertiary/aromatic N) is 1. The van der Waals surface area contributed by atoms with E-state index >= 15 is 0 Å². The Morgan fingerprint density at radius 2 is 2.15 bits per heavy atom. The highest BCUT2D eigenvalue weighted by molar-refractivity contribution is 7.18. The zero-order valence-corrected chi connectivity index (χ0v) is 8.56. The van der Waals surface area contributed by atoms with Crippen molar-refractivity contribution in [2.75, 3.05) is 5.73 Å². The molecule has 0 saturated heterocycles. The van der Waals surface area contributed by atoms with E-state index in [1.54, 1.807) is 11.3 Å². The number of aromatic nitrogens is 1. The predicted molar refractivity (Wildman–Crippen MR) is 58.1 cm³/mol. The van der Waals surface area contributed by atoms with Crippen LogP contribution in [-0.2, 0) is 0 Å². The minimum Gasteiger partial charge on any atom is -0.397 e. The first-order chi connectivity index (χ1) is 6.18. The fourth-order valence-corrected chi connectivity index (χ4v) is 2.24. The quantitative estimate of drug-likeness (QED) is 0.705. The molecule has 0 spiro atoms. The fourth-order valence-electron chi connectivity index (χ4n) is 1.23. The third-order valence-corrected chi connectivity index (χ3v) is 3.28. The van der Waals surface area contributed by atoms with Crippen molar-refractivity contribution in [3.05, 3.63) is 23.2 Å². The molecule has 0 radical (unpaired) electrons. The second-order valence-electron chi connectivity index (χ2n) is 3.40. The van der Waals surface area contributed by atoms with Gasteiger partial charge < -0.3 is 5.73 Å². The van der Waals surface area contributed by atoms with Gasteiger partial charge in [-0.05, 0) is 12.1 Å². The van der Waals surface area contributed by atoms with Gasteiger partial charge in [0.1, 0.15) is 5.52 Å². The number of hydrogen-bond acceptors (Lipinski definition) is 3. The Bertz CT molecular complexity index is 431. The summed E-state index contributed by atoms with van der Waals surface area (Å²) in [4.78, 5) is 4.51. The number of anilines is 1. The van der Waals surface area contributed by atoms with Crippen molar-refractivity contribution in [2.45, 2.75) is 19.8 Å². The highest BCUT2D eigenvalue weighted by atomic mass is 32.1. The third-order valence-electron chi connectivity index (χ3n) is 1.96. The number of nitrogens with two attached hydrogens (primary N) is 1. The maximum Gasteiger partial charge on any atom is 0.104 e. The number of para-hydroxylation sites is 1. The van der Waals surface area contributed by atoms with Crippen LogP contribution in [0.2, 0.25) is 0 Å². The predicted octanol–water partition coefficient (Wildman–Crippen LogP) is 3.00. The normalized spacial score (nSPS) is 11.3. The van der Waals surface area contributed by atoms with Gasteiger partial charge in [0.2, 0.25) is 0 Å². The summed E-state index contributed by atoms with van der Waals surface area (Å²) in [7, 11) is 0. The Kier molecular flexibility index (Phi) is 1.96. The molecule has 1 aromatic carbocycles. The van der Waals surface area contributed by atoms with Crippen molar-refractivity contribution in [1.82, 2.24) is 4.98 Å². The maximum atomic E-state index is 5.81. The molecule has 13 heavy (non-hydrogen) atoms. The summed E-state index contributed by atoms with van der Waals surface area (Å²) < 4.78 is 1.18. The van der Waals surface area contributed by atoms with Gasteiger partial charge in [0.15, 0.2) is 0 Å². The van der Waals surface area contributed by atoms with E-state index < -0.39 is 0 Å². The van der Waals surface area contributed by atoms with Gasteiger partial charge in [-0.1, -0.05) is 19.9 Å². The molecule has 3 heteroatoms. The van der Waals surface area contributed by atoms with Gasteiger partial charge in [-0.15, -0.1) is 11.3 Å². The Labute approximate surface area is 81.4 Å². The van der Waals surface area contributed by atoms with E-state index in [0.717, 1.165) is 16.2 Å². The van der Waals surface area contributed by atoms with Crippen LogP contribution in [0, 0.1) is 0 Å². The van der Waals surface area contributed by atoms with E-state index in [-0.39, 0.29) is 0 Å². The van der Waals surface area contributed by atoms with Gasteiger partial charge >= 0.3 is 0 Å². The Hall–Kier alpha value is -1.09. The van der Waals surface area contributed by atoms with E-state index in [9.17, 15) is 0 Å². The molecular formula is C10H12N2S. The molecule has 0 fully saturated rings. The van der Waals surface area contributed by atoms with Crippen molar-refractivity contribution < 1.29 is 0 Å². The lowest BCUT2D eigenvalue weighted by Gasteiger charge is -1.94. The molecule has 0 amide bonds. The standard InChI is InChI=1S/C10H12N2S/c1-6(2)10-12-9-7(11)4-3-5-8(9)13-10/h3-6H,11H2,1-2H3. The maximum absolute atomic E-state index is 5.81. The second kappa shape index (κ2) is 3.00. The van der Waals surface area contributed by atoms with Crippen LogP contribution in [0.15, 0.2) is 18.2 Å². The lowest BCUT2D eigenvalue weighted by Crippen LogP contribution is -1.87. The minimum atomic E-state index is 0.483. The molecule has 0 saturated carbocycles. The van der Waals surface area contributed by atoms with Crippen LogP contribution >= 0.6 is 11.3 Å². The summed E-state index contributed by atoms with van der Waals surface area (Å²) in [6.07, 6.45) is 0.